The quantitative estimate of drug-likeness (QED) is 0.672. The van der Waals surface area contributed by atoms with E-state index in [0.717, 1.165) is 35.2 Å². The molecule has 2 aromatic heterocycles. The van der Waals surface area contributed by atoms with Crippen molar-refractivity contribution in [1.82, 2.24) is 9.97 Å². The van der Waals surface area contributed by atoms with Crippen molar-refractivity contribution < 1.29 is 14.3 Å². The molecular weight excluding hydrogens is 388 g/mol. The van der Waals surface area contributed by atoms with Gasteiger partial charge >= 0.3 is 0 Å². The van der Waals surface area contributed by atoms with Crippen molar-refractivity contribution in [3.05, 3.63) is 64.2 Å². The van der Waals surface area contributed by atoms with Crippen molar-refractivity contribution in [2.75, 3.05) is 43.6 Å². The summed E-state index contributed by atoms with van der Waals surface area (Å²) in [7, 11) is 1.65. The molecule has 0 saturated carbocycles. The number of carbonyl (C=O) groups is 1. The van der Waals surface area contributed by atoms with E-state index < -0.39 is 0 Å². The molecule has 1 fully saturated rings. The van der Waals surface area contributed by atoms with Gasteiger partial charge in [-0.2, -0.15) is 0 Å². The maximum Gasteiger partial charge on any atom is 0.275 e. The highest BCUT2D eigenvalue weighted by atomic mass is 32.1. The smallest absolute Gasteiger partial charge is 0.275 e. The van der Waals surface area contributed by atoms with Crippen LogP contribution in [-0.2, 0) is 11.2 Å². The minimum Gasteiger partial charge on any atom is -0.497 e. The number of nitrogens with zero attached hydrogens (tertiary/aromatic N) is 3. The zero-order chi connectivity index (χ0) is 20.1. The number of rotatable bonds is 6. The minimum absolute atomic E-state index is 0.233. The molecule has 0 aliphatic carbocycles. The summed E-state index contributed by atoms with van der Waals surface area (Å²) in [5, 5.41) is 5.53. The molecule has 29 heavy (non-hydrogen) atoms. The van der Waals surface area contributed by atoms with Gasteiger partial charge in [-0.3, -0.25) is 4.79 Å². The van der Waals surface area contributed by atoms with Crippen LogP contribution in [0.5, 0.6) is 5.75 Å². The Balaban J connectivity index is 1.36. The van der Waals surface area contributed by atoms with E-state index >= 15 is 0 Å². The van der Waals surface area contributed by atoms with E-state index in [1.807, 2.05) is 36.4 Å². The summed E-state index contributed by atoms with van der Waals surface area (Å²) in [6.45, 7) is 3.08. The molecular formula is C21H22N4O3S. The van der Waals surface area contributed by atoms with E-state index in [1.165, 1.54) is 11.3 Å². The van der Waals surface area contributed by atoms with Gasteiger partial charge in [0.05, 0.1) is 37.2 Å². The molecule has 7 nitrogen and oxygen atoms in total. The average molecular weight is 410 g/mol. The van der Waals surface area contributed by atoms with Crippen LogP contribution in [-0.4, -0.2) is 49.3 Å². The molecule has 3 heterocycles. The number of amides is 1. The van der Waals surface area contributed by atoms with Gasteiger partial charge < -0.3 is 19.7 Å². The fourth-order valence-electron chi connectivity index (χ4n) is 3.05. The predicted molar refractivity (Wildman–Crippen MR) is 113 cm³/mol. The molecule has 0 bridgehead atoms. The highest BCUT2D eigenvalue weighted by Crippen LogP contribution is 2.19. The largest absolute Gasteiger partial charge is 0.497 e. The van der Waals surface area contributed by atoms with Crippen LogP contribution in [0.25, 0.3) is 0 Å². The van der Waals surface area contributed by atoms with Gasteiger partial charge in [-0.25, -0.2) is 9.97 Å². The Hall–Kier alpha value is -2.97. The number of anilines is 2. The number of methoxy groups -OCH3 is 1. The summed E-state index contributed by atoms with van der Waals surface area (Å²) in [4.78, 5) is 23.6. The molecule has 1 amide bonds. The van der Waals surface area contributed by atoms with Crippen LogP contribution in [0.1, 0.15) is 21.1 Å². The van der Waals surface area contributed by atoms with Gasteiger partial charge in [-0.1, -0.05) is 12.1 Å². The van der Waals surface area contributed by atoms with Crippen LogP contribution in [0.4, 0.5) is 11.5 Å². The maximum absolute atomic E-state index is 12.5. The van der Waals surface area contributed by atoms with Gasteiger partial charge in [0.25, 0.3) is 5.91 Å². The van der Waals surface area contributed by atoms with Gasteiger partial charge in [0.1, 0.15) is 17.3 Å². The minimum atomic E-state index is -0.233. The number of nitrogens with one attached hydrogen (secondary N) is 1. The number of aromatic nitrogens is 2. The summed E-state index contributed by atoms with van der Waals surface area (Å²) < 4.78 is 10.5. The number of pyridine rings is 1. The second kappa shape index (κ2) is 9.02. The molecule has 150 valence electrons. The second-order valence-electron chi connectivity index (χ2n) is 6.61. The van der Waals surface area contributed by atoms with E-state index in [-0.39, 0.29) is 5.91 Å². The monoisotopic (exact) mass is 410 g/mol. The van der Waals surface area contributed by atoms with Crippen molar-refractivity contribution in [2.45, 2.75) is 6.42 Å². The lowest BCUT2D eigenvalue weighted by Gasteiger charge is -2.27. The van der Waals surface area contributed by atoms with Crippen LogP contribution >= 0.6 is 11.3 Å². The lowest BCUT2D eigenvalue weighted by molar-refractivity contribution is 0.102. The van der Waals surface area contributed by atoms with Crippen LogP contribution in [0.2, 0.25) is 0 Å². The van der Waals surface area contributed by atoms with Gasteiger partial charge in [-0.05, 0) is 29.8 Å². The molecule has 0 atom stereocenters. The predicted octanol–water partition coefficient (Wildman–Crippen LogP) is 3.23. The number of carbonyl (C=O) groups excluding carboxylic acids is 1. The summed E-state index contributed by atoms with van der Waals surface area (Å²) in [5.41, 5.74) is 2.18. The van der Waals surface area contributed by atoms with Crippen molar-refractivity contribution in [1.29, 1.82) is 0 Å². The first-order valence-electron chi connectivity index (χ1n) is 9.39. The summed E-state index contributed by atoms with van der Waals surface area (Å²) >= 11 is 1.48. The van der Waals surface area contributed by atoms with Gasteiger partial charge in [0.2, 0.25) is 0 Å². The van der Waals surface area contributed by atoms with Crippen LogP contribution in [0, 0.1) is 0 Å². The molecule has 3 aromatic rings. The zero-order valence-corrected chi connectivity index (χ0v) is 16.9. The van der Waals surface area contributed by atoms with Crippen molar-refractivity contribution in [3.8, 4) is 5.75 Å². The van der Waals surface area contributed by atoms with Gasteiger partial charge in [-0.15, -0.1) is 11.3 Å². The molecule has 1 aliphatic rings. The molecule has 0 spiro atoms. The second-order valence-corrected chi connectivity index (χ2v) is 7.55. The fraction of sp³-hybridized carbons (Fsp3) is 0.286. The third kappa shape index (κ3) is 4.90. The van der Waals surface area contributed by atoms with Crippen LogP contribution < -0.4 is 15.0 Å². The Morgan fingerprint density at radius 2 is 2.00 bits per heavy atom. The SMILES string of the molecule is COc1ccc(Cc2nc(C(=O)Nc3ccc(N4CCOCC4)nc3)cs2)cc1. The Morgan fingerprint density at radius 1 is 1.21 bits per heavy atom. The Kier molecular flexibility index (Phi) is 6.02. The van der Waals surface area contributed by atoms with E-state index in [1.54, 1.807) is 18.7 Å². The van der Waals surface area contributed by atoms with E-state index in [0.29, 0.717) is 31.0 Å². The van der Waals surface area contributed by atoms with E-state index in [4.69, 9.17) is 9.47 Å². The number of thiazole rings is 1. The fourth-order valence-corrected chi connectivity index (χ4v) is 3.86. The number of hydrogen-bond donors (Lipinski definition) is 1. The van der Waals surface area contributed by atoms with E-state index in [2.05, 4.69) is 20.2 Å². The van der Waals surface area contributed by atoms with Crippen molar-refractivity contribution >= 4 is 28.7 Å². The molecule has 1 saturated heterocycles. The molecule has 8 heteroatoms. The number of benzene rings is 1. The summed E-state index contributed by atoms with van der Waals surface area (Å²) in [6, 6.07) is 11.6. The molecule has 0 unspecified atom stereocenters. The maximum atomic E-state index is 12.5. The molecule has 1 aromatic carbocycles. The zero-order valence-electron chi connectivity index (χ0n) is 16.1. The number of ether oxygens (including phenoxy) is 2. The van der Waals surface area contributed by atoms with Crippen molar-refractivity contribution in [2.24, 2.45) is 0 Å². The molecule has 1 aliphatic heterocycles. The highest BCUT2D eigenvalue weighted by Gasteiger charge is 2.14. The summed E-state index contributed by atoms with van der Waals surface area (Å²) in [6.07, 6.45) is 2.35. The number of morpholine rings is 1. The summed E-state index contributed by atoms with van der Waals surface area (Å²) in [5.74, 6) is 1.48. The van der Waals surface area contributed by atoms with Crippen molar-refractivity contribution in [3.63, 3.8) is 0 Å². The van der Waals surface area contributed by atoms with Crippen LogP contribution in [0.15, 0.2) is 48.0 Å². The lowest BCUT2D eigenvalue weighted by atomic mass is 10.1. The standard InChI is InChI=1S/C21H22N4O3S/c1-27-17-5-2-15(3-6-17)12-20-24-18(14-29-20)21(26)23-16-4-7-19(22-13-16)25-8-10-28-11-9-25/h2-7,13-14H,8-12H2,1H3,(H,23,26). The third-order valence-electron chi connectivity index (χ3n) is 4.64. The number of hydrogen-bond acceptors (Lipinski definition) is 7. The normalized spacial score (nSPS) is 13.9. The molecule has 4 rings (SSSR count). The molecule has 1 N–H and O–H groups in total. The van der Waals surface area contributed by atoms with Crippen LogP contribution in [0.3, 0.4) is 0 Å². The first-order valence-corrected chi connectivity index (χ1v) is 10.3. The first-order chi connectivity index (χ1) is 14.2. The lowest BCUT2D eigenvalue weighted by Crippen LogP contribution is -2.36. The van der Waals surface area contributed by atoms with Gasteiger partial charge in [0.15, 0.2) is 0 Å². The highest BCUT2D eigenvalue weighted by molar-refractivity contribution is 7.09. The average Bonchev–Trinajstić information content (AvgIpc) is 3.24. The Labute approximate surface area is 173 Å². The third-order valence-corrected chi connectivity index (χ3v) is 5.49. The first kappa shape index (κ1) is 19.4. The Bertz CT molecular complexity index is 951. The Morgan fingerprint density at radius 3 is 2.69 bits per heavy atom. The topological polar surface area (TPSA) is 76.6 Å². The molecule has 0 radical (unpaired) electrons. The van der Waals surface area contributed by atoms with Gasteiger partial charge in [0, 0.05) is 24.9 Å². The van der Waals surface area contributed by atoms with E-state index in [9.17, 15) is 4.79 Å².